The Morgan fingerprint density at radius 1 is 1.15 bits per heavy atom. The molecule has 2 heterocycles. The van der Waals surface area contributed by atoms with Gasteiger partial charge in [0.2, 0.25) is 0 Å². The molecule has 3 N–H and O–H groups in total. The molecule has 130 valence electrons. The maximum Gasteiger partial charge on any atom is 0.273 e. The third-order valence-electron chi connectivity index (χ3n) is 4.87. The largest absolute Gasteiger partial charge is 0.399 e. The molecule has 5 nitrogen and oxygen atoms in total. The van der Waals surface area contributed by atoms with Crippen LogP contribution >= 0.6 is 0 Å². The van der Waals surface area contributed by atoms with Crippen LogP contribution in [0.5, 0.6) is 0 Å². The number of fused-ring (bicyclic) bond motifs is 1. The lowest BCUT2D eigenvalue weighted by molar-refractivity contribution is -0.116. The smallest absolute Gasteiger partial charge is 0.273 e. The van der Waals surface area contributed by atoms with Crippen molar-refractivity contribution < 1.29 is 4.79 Å². The molecule has 3 aromatic rings. The second kappa shape index (κ2) is 6.19. The number of aryl methyl sites for hydroxylation is 1. The summed E-state index contributed by atoms with van der Waals surface area (Å²) in [6, 6.07) is 15.8. The van der Waals surface area contributed by atoms with Crippen molar-refractivity contribution in [3.63, 3.8) is 0 Å². The molecule has 0 aliphatic carbocycles. The molecule has 1 aliphatic rings. The van der Waals surface area contributed by atoms with Gasteiger partial charge in [-0.05, 0) is 29.8 Å². The van der Waals surface area contributed by atoms with E-state index >= 15 is 0 Å². The predicted octanol–water partition coefficient (Wildman–Crippen LogP) is 3.43. The van der Waals surface area contributed by atoms with Crippen molar-refractivity contribution in [1.82, 2.24) is 9.99 Å². The number of aromatic nitrogens is 1. The summed E-state index contributed by atoms with van der Waals surface area (Å²) < 4.78 is 2.06. The van der Waals surface area contributed by atoms with Crippen LogP contribution in [0, 0.1) is 0 Å². The van der Waals surface area contributed by atoms with Crippen molar-refractivity contribution >= 4 is 34.3 Å². The summed E-state index contributed by atoms with van der Waals surface area (Å²) in [5.41, 5.74) is 13.6. The van der Waals surface area contributed by atoms with Gasteiger partial charge in [-0.3, -0.25) is 4.79 Å². The fourth-order valence-electron chi connectivity index (χ4n) is 3.40. The number of nitrogens with one attached hydrogen (secondary N) is 1. The Kier molecular flexibility index (Phi) is 3.84. The highest BCUT2D eigenvalue weighted by atomic mass is 16.2. The number of hydrazone groups is 1. The summed E-state index contributed by atoms with van der Waals surface area (Å²) in [5.74, 6) is -0.189. The molecule has 1 unspecified atom stereocenters. The molecular weight excluding hydrogens is 324 g/mol. The number of nitrogens with zero attached hydrogens (tertiary/aromatic N) is 2. The summed E-state index contributed by atoms with van der Waals surface area (Å²) in [5, 5.41) is 5.40. The van der Waals surface area contributed by atoms with Crippen molar-refractivity contribution in [2.75, 3.05) is 5.73 Å². The molecule has 5 heteroatoms. The van der Waals surface area contributed by atoms with Gasteiger partial charge in [0, 0.05) is 41.3 Å². The van der Waals surface area contributed by atoms with Crippen LogP contribution in [-0.2, 0) is 11.8 Å². The molecule has 1 atom stereocenters. The van der Waals surface area contributed by atoms with Crippen LogP contribution in [0.15, 0.2) is 65.4 Å². The van der Waals surface area contributed by atoms with Crippen LogP contribution in [-0.4, -0.2) is 16.2 Å². The van der Waals surface area contributed by atoms with Crippen molar-refractivity contribution in [3.05, 3.63) is 71.4 Å². The fourth-order valence-corrected chi connectivity index (χ4v) is 3.40. The number of hydrogen-bond donors (Lipinski definition) is 2. The second-order valence-electron chi connectivity index (χ2n) is 6.60. The van der Waals surface area contributed by atoms with Gasteiger partial charge in [0.15, 0.2) is 0 Å². The van der Waals surface area contributed by atoms with Crippen LogP contribution < -0.4 is 11.2 Å². The zero-order valence-electron chi connectivity index (χ0n) is 14.7. The van der Waals surface area contributed by atoms with Gasteiger partial charge in [-0.15, -0.1) is 0 Å². The van der Waals surface area contributed by atoms with E-state index in [0.29, 0.717) is 5.57 Å². The molecule has 0 spiro atoms. The molecule has 0 fully saturated rings. The molecule has 4 rings (SSSR count). The lowest BCUT2D eigenvalue weighted by atomic mass is 9.90. The number of nitrogen functional groups attached to an aromatic ring is 1. The molecule has 0 bridgehead atoms. The van der Waals surface area contributed by atoms with Crippen molar-refractivity contribution in [2.45, 2.75) is 12.8 Å². The number of nitrogens with two attached hydrogens (primary N) is 1. The van der Waals surface area contributed by atoms with Gasteiger partial charge in [-0.1, -0.05) is 37.3 Å². The fraction of sp³-hybridized carbons (Fsp3) is 0.143. The number of carbonyl (C=O) groups excluding carboxylic acids is 1. The van der Waals surface area contributed by atoms with Crippen molar-refractivity contribution in [1.29, 1.82) is 0 Å². The minimum atomic E-state index is -0.171. The SMILES string of the molecule is CC(C1=NNC(=O)C1=Cc1cn(C)c2ccccc12)c1ccc(N)cc1. The Labute approximate surface area is 151 Å². The lowest BCUT2D eigenvalue weighted by Gasteiger charge is -2.12. The molecule has 1 aromatic heterocycles. The van der Waals surface area contributed by atoms with Crippen LogP contribution in [0.4, 0.5) is 5.69 Å². The Bertz CT molecular complexity index is 1060. The van der Waals surface area contributed by atoms with Gasteiger partial charge in [-0.25, -0.2) is 5.43 Å². The lowest BCUT2D eigenvalue weighted by Crippen LogP contribution is -2.15. The average Bonchev–Trinajstić information content (AvgIpc) is 3.17. The zero-order chi connectivity index (χ0) is 18.3. The van der Waals surface area contributed by atoms with E-state index in [1.54, 1.807) is 0 Å². The highest BCUT2D eigenvalue weighted by molar-refractivity contribution is 6.29. The average molecular weight is 344 g/mol. The topological polar surface area (TPSA) is 72.4 Å². The Morgan fingerprint density at radius 2 is 1.88 bits per heavy atom. The maximum atomic E-state index is 12.4. The van der Waals surface area contributed by atoms with E-state index in [1.165, 1.54) is 0 Å². The van der Waals surface area contributed by atoms with Crippen LogP contribution in [0.1, 0.15) is 24.0 Å². The molecule has 0 radical (unpaired) electrons. The highest BCUT2D eigenvalue weighted by Crippen LogP contribution is 2.28. The molecule has 1 aliphatic heterocycles. The van der Waals surface area contributed by atoms with E-state index in [2.05, 4.69) is 27.2 Å². The summed E-state index contributed by atoms with van der Waals surface area (Å²) >= 11 is 0. The first kappa shape index (κ1) is 16.1. The third kappa shape index (κ3) is 2.67. The molecule has 26 heavy (non-hydrogen) atoms. The van der Waals surface area contributed by atoms with Crippen LogP contribution in [0.3, 0.4) is 0 Å². The Balaban J connectivity index is 1.76. The summed E-state index contributed by atoms with van der Waals surface area (Å²) in [7, 11) is 2.01. The molecular formula is C21H20N4O. The van der Waals surface area contributed by atoms with E-state index < -0.39 is 0 Å². The number of para-hydroxylation sites is 1. The molecule has 0 saturated heterocycles. The maximum absolute atomic E-state index is 12.4. The summed E-state index contributed by atoms with van der Waals surface area (Å²) in [6.45, 7) is 2.04. The normalized spacial score (nSPS) is 16.8. The Hall–Kier alpha value is -3.34. The van der Waals surface area contributed by atoms with Gasteiger partial charge in [0.05, 0.1) is 11.3 Å². The zero-order valence-corrected chi connectivity index (χ0v) is 14.7. The molecule has 0 saturated carbocycles. The monoisotopic (exact) mass is 344 g/mol. The van der Waals surface area contributed by atoms with Gasteiger partial charge in [0.25, 0.3) is 5.91 Å². The van der Waals surface area contributed by atoms with Crippen LogP contribution in [0.25, 0.3) is 17.0 Å². The second-order valence-corrected chi connectivity index (χ2v) is 6.60. The summed E-state index contributed by atoms with van der Waals surface area (Å²) in [6.07, 6.45) is 3.96. The van der Waals surface area contributed by atoms with Crippen molar-refractivity contribution in [2.24, 2.45) is 12.1 Å². The van der Waals surface area contributed by atoms with Crippen molar-refractivity contribution in [3.8, 4) is 0 Å². The van der Waals surface area contributed by atoms with Gasteiger partial charge < -0.3 is 10.3 Å². The van der Waals surface area contributed by atoms with Crippen LogP contribution in [0.2, 0.25) is 0 Å². The predicted molar refractivity (Wildman–Crippen MR) is 106 cm³/mol. The third-order valence-corrected chi connectivity index (χ3v) is 4.87. The van der Waals surface area contributed by atoms with E-state index in [-0.39, 0.29) is 11.8 Å². The first-order chi connectivity index (χ1) is 12.5. The first-order valence-electron chi connectivity index (χ1n) is 8.54. The van der Waals surface area contributed by atoms with E-state index in [9.17, 15) is 4.79 Å². The van der Waals surface area contributed by atoms with E-state index in [1.807, 2.05) is 62.6 Å². The van der Waals surface area contributed by atoms with Gasteiger partial charge in [0.1, 0.15) is 0 Å². The standard InChI is InChI=1S/C21H20N4O/c1-13(14-7-9-16(22)10-8-14)20-18(21(26)24-23-20)11-15-12-25(2)19-6-4-3-5-17(15)19/h3-13H,22H2,1-2H3,(H,24,26). The van der Waals surface area contributed by atoms with Gasteiger partial charge in [-0.2, -0.15) is 5.10 Å². The molecule has 1 amide bonds. The van der Waals surface area contributed by atoms with E-state index in [4.69, 9.17) is 5.73 Å². The Morgan fingerprint density at radius 3 is 2.65 bits per heavy atom. The number of benzene rings is 2. The minimum Gasteiger partial charge on any atom is -0.399 e. The number of rotatable bonds is 3. The first-order valence-corrected chi connectivity index (χ1v) is 8.54. The summed E-state index contributed by atoms with van der Waals surface area (Å²) in [4.78, 5) is 12.4. The minimum absolute atomic E-state index is 0.0178. The molecule has 2 aromatic carbocycles. The quantitative estimate of drug-likeness (QED) is 0.564. The van der Waals surface area contributed by atoms with Gasteiger partial charge >= 0.3 is 0 Å². The number of anilines is 1. The highest BCUT2D eigenvalue weighted by Gasteiger charge is 2.28. The number of hydrogen-bond acceptors (Lipinski definition) is 3. The van der Waals surface area contributed by atoms with E-state index in [0.717, 1.165) is 33.4 Å². The number of amides is 1. The number of carbonyl (C=O) groups is 1.